The second-order valence-electron chi connectivity index (χ2n) is 7.69. The zero-order valence-corrected chi connectivity index (χ0v) is 17.2. The Bertz CT molecular complexity index is 1000. The molecule has 3 heterocycles. The third kappa shape index (κ3) is 3.43. The minimum Gasteiger partial charge on any atom is -0.462 e. The minimum atomic E-state index is -0.304. The average molecular weight is 409 g/mol. The van der Waals surface area contributed by atoms with Gasteiger partial charge >= 0.3 is 5.97 Å². The summed E-state index contributed by atoms with van der Waals surface area (Å²) in [5.41, 5.74) is 2.74. The molecule has 3 aromatic rings. The molecule has 0 unspecified atom stereocenters. The molecule has 3 atom stereocenters. The standard InChI is InChI=1S/C24H24O4S/c1-2-26-24(25)16-9-7-15(8-10-16)19-11-12-21(27-19)22-18-13-14-29-23(18)17-5-3-4-6-20(17)28-22/h7-14,17,20,22H,2-6H2,1H3/t17-,20+,22-/m0/s1. The Balaban J connectivity index is 1.41. The van der Waals surface area contributed by atoms with Gasteiger partial charge in [-0.15, -0.1) is 11.3 Å². The first-order valence-electron chi connectivity index (χ1n) is 10.3. The fraction of sp³-hybridized carbons (Fsp3) is 0.375. The lowest BCUT2D eigenvalue weighted by Gasteiger charge is -2.38. The summed E-state index contributed by atoms with van der Waals surface area (Å²) in [6.45, 7) is 2.17. The van der Waals surface area contributed by atoms with E-state index in [0.29, 0.717) is 18.1 Å². The van der Waals surface area contributed by atoms with Crippen LogP contribution in [0.15, 0.2) is 52.3 Å². The van der Waals surface area contributed by atoms with Crippen molar-refractivity contribution in [1.29, 1.82) is 0 Å². The van der Waals surface area contributed by atoms with Crippen molar-refractivity contribution in [3.63, 3.8) is 0 Å². The van der Waals surface area contributed by atoms with Gasteiger partial charge in [-0.05, 0) is 55.5 Å². The summed E-state index contributed by atoms with van der Waals surface area (Å²) in [5, 5.41) is 2.18. The summed E-state index contributed by atoms with van der Waals surface area (Å²) >= 11 is 1.86. The molecule has 2 aliphatic rings. The lowest BCUT2D eigenvalue weighted by atomic mass is 9.81. The zero-order chi connectivity index (χ0) is 19.8. The molecule has 0 saturated heterocycles. The number of furan rings is 1. The quantitative estimate of drug-likeness (QED) is 0.473. The van der Waals surface area contributed by atoms with Crippen LogP contribution in [0.5, 0.6) is 0 Å². The van der Waals surface area contributed by atoms with Crippen LogP contribution in [0.25, 0.3) is 11.3 Å². The highest BCUT2D eigenvalue weighted by Gasteiger charge is 2.39. The van der Waals surface area contributed by atoms with Crippen LogP contribution in [-0.2, 0) is 9.47 Å². The molecule has 5 rings (SSSR count). The predicted octanol–water partition coefficient (Wildman–Crippen LogP) is 6.33. The van der Waals surface area contributed by atoms with Crippen molar-refractivity contribution >= 4 is 17.3 Å². The Morgan fingerprint density at radius 1 is 1.10 bits per heavy atom. The van der Waals surface area contributed by atoms with Crippen LogP contribution >= 0.6 is 11.3 Å². The van der Waals surface area contributed by atoms with Gasteiger partial charge in [0, 0.05) is 21.9 Å². The maximum atomic E-state index is 11.8. The summed E-state index contributed by atoms with van der Waals surface area (Å²) in [4.78, 5) is 13.3. The molecular weight excluding hydrogens is 384 g/mol. The monoisotopic (exact) mass is 408 g/mol. The van der Waals surface area contributed by atoms with Gasteiger partial charge in [-0.25, -0.2) is 4.79 Å². The topological polar surface area (TPSA) is 48.7 Å². The summed E-state index contributed by atoms with van der Waals surface area (Å²) in [6, 6.07) is 13.5. The average Bonchev–Trinajstić information content (AvgIpc) is 3.44. The molecule has 0 spiro atoms. The minimum absolute atomic E-state index is 0.136. The van der Waals surface area contributed by atoms with Gasteiger partial charge in [0.15, 0.2) is 0 Å². The van der Waals surface area contributed by atoms with Gasteiger partial charge in [0.05, 0.1) is 18.3 Å². The van der Waals surface area contributed by atoms with Crippen molar-refractivity contribution in [2.45, 2.75) is 50.7 Å². The smallest absolute Gasteiger partial charge is 0.338 e. The fourth-order valence-corrected chi connectivity index (χ4v) is 5.63. The molecule has 1 aromatic carbocycles. The van der Waals surface area contributed by atoms with E-state index in [2.05, 4.69) is 11.4 Å². The van der Waals surface area contributed by atoms with Gasteiger partial charge in [0.1, 0.15) is 17.6 Å². The fourth-order valence-electron chi connectivity index (χ4n) is 4.51. The molecule has 0 N–H and O–H groups in total. The number of benzene rings is 1. The molecule has 4 nitrogen and oxygen atoms in total. The molecule has 1 fully saturated rings. The van der Waals surface area contributed by atoms with Crippen molar-refractivity contribution < 1.29 is 18.7 Å². The summed E-state index contributed by atoms with van der Waals surface area (Å²) in [5.74, 6) is 1.86. The Morgan fingerprint density at radius 3 is 2.76 bits per heavy atom. The number of hydrogen-bond acceptors (Lipinski definition) is 5. The van der Waals surface area contributed by atoms with E-state index in [4.69, 9.17) is 13.9 Å². The number of ether oxygens (including phenoxy) is 2. The Kier molecular flexibility index (Phi) is 5.02. The Morgan fingerprint density at radius 2 is 1.93 bits per heavy atom. The largest absolute Gasteiger partial charge is 0.462 e. The van der Waals surface area contributed by atoms with E-state index in [1.807, 2.05) is 35.6 Å². The van der Waals surface area contributed by atoms with Crippen molar-refractivity contribution in [2.24, 2.45) is 0 Å². The van der Waals surface area contributed by atoms with E-state index >= 15 is 0 Å². The van der Waals surface area contributed by atoms with Gasteiger partial charge < -0.3 is 13.9 Å². The van der Waals surface area contributed by atoms with Crippen LogP contribution in [-0.4, -0.2) is 18.7 Å². The summed E-state index contributed by atoms with van der Waals surface area (Å²) in [6.07, 6.45) is 5.03. The zero-order valence-electron chi connectivity index (χ0n) is 16.4. The van der Waals surface area contributed by atoms with Crippen molar-refractivity contribution in [2.75, 3.05) is 6.61 Å². The van der Waals surface area contributed by atoms with Crippen molar-refractivity contribution in [3.8, 4) is 11.3 Å². The van der Waals surface area contributed by atoms with Crippen LogP contribution in [0.2, 0.25) is 0 Å². The molecule has 1 aliphatic heterocycles. The lowest BCUT2D eigenvalue weighted by molar-refractivity contribution is -0.0451. The molecule has 0 amide bonds. The second-order valence-corrected chi connectivity index (χ2v) is 8.63. The second kappa shape index (κ2) is 7.81. The van der Waals surface area contributed by atoms with Crippen molar-refractivity contribution in [1.82, 2.24) is 0 Å². The number of esters is 1. The highest BCUT2D eigenvalue weighted by Crippen LogP contribution is 2.49. The van der Waals surface area contributed by atoms with Gasteiger partial charge in [-0.3, -0.25) is 0 Å². The lowest BCUT2D eigenvalue weighted by Crippen LogP contribution is -2.32. The molecule has 1 saturated carbocycles. The Hall–Kier alpha value is -2.37. The number of carbonyl (C=O) groups excluding carboxylic acids is 1. The normalized spacial score (nSPS) is 23.3. The first kappa shape index (κ1) is 18.6. The summed E-state index contributed by atoms with van der Waals surface area (Å²) < 4.78 is 17.8. The van der Waals surface area contributed by atoms with Crippen molar-refractivity contribution in [3.05, 3.63) is 69.6 Å². The van der Waals surface area contributed by atoms with E-state index in [1.54, 1.807) is 19.1 Å². The Labute approximate surface area is 174 Å². The van der Waals surface area contributed by atoms with Crippen LogP contribution in [0, 0.1) is 0 Å². The molecule has 29 heavy (non-hydrogen) atoms. The predicted molar refractivity (Wildman–Crippen MR) is 112 cm³/mol. The summed E-state index contributed by atoms with van der Waals surface area (Å²) in [7, 11) is 0. The maximum absolute atomic E-state index is 11.8. The highest BCUT2D eigenvalue weighted by atomic mass is 32.1. The molecule has 1 aliphatic carbocycles. The van der Waals surface area contributed by atoms with E-state index < -0.39 is 0 Å². The molecule has 0 radical (unpaired) electrons. The first-order valence-corrected chi connectivity index (χ1v) is 11.2. The molecule has 2 aromatic heterocycles. The number of thiophene rings is 1. The van der Waals surface area contributed by atoms with Gasteiger partial charge in [-0.1, -0.05) is 25.0 Å². The van der Waals surface area contributed by atoms with E-state index in [1.165, 1.54) is 29.7 Å². The SMILES string of the molecule is CCOC(=O)c1ccc(-c2ccc([C@H]3O[C@@H]4CCCC[C@@H]4c4sccc43)o2)cc1. The van der Waals surface area contributed by atoms with Gasteiger partial charge in [0.25, 0.3) is 0 Å². The first-order chi connectivity index (χ1) is 14.2. The molecule has 5 heteroatoms. The van der Waals surface area contributed by atoms with E-state index in [9.17, 15) is 4.79 Å². The van der Waals surface area contributed by atoms with E-state index in [0.717, 1.165) is 23.5 Å². The van der Waals surface area contributed by atoms with Crippen LogP contribution < -0.4 is 0 Å². The van der Waals surface area contributed by atoms with E-state index in [-0.39, 0.29) is 18.2 Å². The maximum Gasteiger partial charge on any atom is 0.338 e. The molecular formula is C24H24O4S. The number of hydrogen-bond donors (Lipinski definition) is 0. The van der Waals surface area contributed by atoms with Gasteiger partial charge in [-0.2, -0.15) is 0 Å². The number of carbonyl (C=O) groups is 1. The highest BCUT2D eigenvalue weighted by molar-refractivity contribution is 7.10. The van der Waals surface area contributed by atoms with Crippen LogP contribution in [0.3, 0.4) is 0 Å². The van der Waals surface area contributed by atoms with Gasteiger partial charge in [0.2, 0.25) is 0 Å². The number of fused-ring (bicyclic) bond motifs is 3. The molecule has 0 bridgehead atoms. The number of rotatable bonds is 4. The molecule has 150 valence electrons. The third-order valence-electron chi connectivity index (χ3n) is 5.93. The van der Waals surface area contributed by atoms with Crippen LogP contribution in [0.1, 0.15) is 71.2 Å². The third-order valence-corrected chi connectivity index (χ3v) is 6.99. The van der Waals surface area contributed by atoms with Crippen LogP contribution in [0.4, 0.5) is 0 Å².